The van der Waals surface area contributed by atoms with Crippen molar-refractivity contribution in [3.63, 3.8) is 0 Å². The van der Waals surface area contributed by atoms with Crippen LogP contribution in [0.15, 0.2) is 121 Å². The Kier molecular flexibility index (Phi) is 13.6. The number of aryl methyl sites for hydroxylation is 6. The fraction of sp³-hybridized carbons (Fsp3) is 0.250. The van der Waals surface area contributed by atoms with Crippen LogP contribution in [0.25, 0.3) is 0 Å². The summed E-state index contributed by atoms with van der Waals surface area (Å²) < 4.78 is 46.5. The summed E-state index contributed by atoms with van der Waals surface area (Å²) in [5.74, 6) is 7.05. The van der Waals surface area contributed by atoms with E-state index in [-0.39, 0.29) is 0 Å². The van der Waals surface area contributed by atoms with Gasteiger partial charge in [0.15, 0.2) is 23.0 Å². The van der Waals surface area contributed by atoms with E-state index in [0.29, 0.717) is 46.0 Å². The van der Waals surface area contributed by atoms with Crippen molar-refractivity contribution >= 4 is 0 Å². The molecule has 0 atom stereocenters. The summed E-state index contributed by atoms with van der Waals surface area (Å²) in [6.07, 6.45) is 4.86. The van der Waals surface area contributed by atoms with E-state index in [2.05, 4.69) is 36.4 Å². The molecule has 8 nitrogen and oxygen atoms in total. The number of ether oxygens (including phenoxy) is 8. The largest absolute Gasteiger partial charge is 0.497 e. The normalized spacial score (nSPS) is 10.8. The molecule has 6 rings (SSSR count). The standard InChI is InChI=1S/C48H50O8/c1-49-39-11-7-9-33(23-39)13-15-35-19-21-45(53-5)47(29-35)55-43-27-37(25-41(31-43)51-3)17-18-38-26-42(52-4)32-44(28-38)56-48-30-36(20-22-46(48)54-6)16-14-34-10-8-12-40(24-34)50-2/h7-12,19-32H,13-18H2,1-6H3. The van der Waals surface area contributed by atoms with Crippen molar-refractivity contribution in [1.82, 2.24) is 0 Å². The van der Waals surface area contributed by atoms with Crippen LogP contribution in [0.1, 0.15) is 33.4 Å². The number of benzene rings is 6. The Bertz CT molecular complexity index is 2050. The van der Waals surface area contributed by atoms with E-state index in [9.17, 15) is 0 Å². The van der Waals surface area contributed by atoms with Crippen LogP contribution in [0.5, 0.6) is 57.5 Å². The first-order valence-electron chi connectivity index (χ1n) is 18.7. The zero-order valence-electron chi connectivity index (χ0n) is 33.1. The molecule has 0 bridgehead atoms. The number of methoxy groups -OCH3 is 6. The van der Waals surface area contributed by atoms with Gasteiger partial charge in [-0.25, -0.2) is 0 Å². The summed E-state index contributed by atoms with van der Waals surface area (Å²) >= 11 is 0. The molecule has 0 amide bonds. The lowest BCUT2D eigenvalue weighted by Gasteiger charge is -2.15. The van der Waals surface area contributed by atoms with Crippen LogP contribution in [0.3, 0.4) is 0 Å². The molecule has 0 aliphatic carbocycles. The first kappa shape index (κ1) is 39.4. The predicted molar refractivity (Wildman–Crippen MR) is 220 cm³/mol. The average molecular weight is 755 g/mol. The minimum Gasteiger partial charge on any atom is -0.497 e. The minimum absolute atomic E-state index is 0.643. The van der Waals surface area contributed by atoms with Gasteiger partial charge in [0.05, 0.1) is 42.7 Å². The van der Waals surface area contributed by atoms with Crippen LogP contribution in [-0.2, 0) is 38.5 Å². The van der Waals surface area contributed by atoms with Gasteiger partial charge in [-0.2, -0.15) is 0 Å². The second-order valence-corrected chi connectivity index (χ2v) is 13.4. The maximum Gasteiger partial charge on any atom is 0.169 e. The monoisotopic (exact) mass is 754 g/mol. The van der Waals surface area contributed by atoms with Crippen molar-refractivity contribution in [3.05, 3.63) is 155 Å². The molecule has 0 N–H and O–H groups in total. The van der Waals surface area contributed by atoms with Gasteiger partial charge in [-0.05, 0) is 145 Å². The van der Waals surface area contributed by atoms with Crippen molar-refractivity contribution in [2.24, 2.45) is 0 Å². The SMILES string of the molecule is COc1cccc(CCc2ccc(OC)c(Oc3cc(CCc4cc(OC)cc(Oc5cc(CCc6cccc(OC)c6)ccc5OC)c4)cc(OC)c3)c2)c1. The number of hydrogen-bond donors (Lipinski definition) is 0. The molecule has 0 heterocycles. The molecular weight excluding hydrogens is 705 g/mol. The zero-order chi connectivity index (χ0) is 39.3. The third-order valence-electron chi connectivity index (χ3n) is 9.64. The molecular formula is C48H50O8. The zero-order valence-corrected chi connectivity index (χ0v) is 33.1. The summed E-state index contributed by atoms with van der Waals surface area (Å²) in [6.45, 7) is 0. The average Bonchev–Trinajstić information content (AvgIpc) is 3.24. The van der Waals surface area contributed by atoms with Crippen LogP contribution in [0, 0.1) is 0 Å². The highest BCUT2D eigenvalue weighted by atomic mass is 16.5. The van der Waals surface area contributed by atoms with Crippen molar-refractivity contribution in [2.45, 2.75) is 38.5 Å². The molecule has 0 saturated carbocycles. The van der Waals surface area contributed by atoms with E-state index in [1.165, 1.54) is 11.1 Å². The van der Waals surface area contributed by atoms with E-state index in [0.717, 1.165) is 72.3 Å². The summed E-state index contributed by atoms with van der Waals surface area (Å²) in [5.41, 5.74) is 6.81. The van der Waals surface area contributed by atoms with E-state index in [4.69, 9.17) is 37.9 Å². The van der Waals surface area contributed by atoms with Crippen LogP contribution >= 0.6 is 0 Å². The lowest BCUT2D eigenvalue weighted by Crippen LogP contribution is -1.98. The van der Waals surface area contributed by atoms with E-state index >= 15 is 0 Å². The molecule has 6 aromatic carbocycles. The van der Waals surface area contributed by atoms with Gasteiger partial charge in [0.1, 0.15) is 34.5 Å². The second-order valence-electron chi connectivity index (χ2n) is 13.4. The Morgan fingerprint density at radius 2 is 0.607 bits per heavy atom. The van der Waals surface area contributed by atoms with E-state index < -0.39 is 0 Å². The van der Waals surface area contributed by atoms with Crippen LogP contribution in [0.4, 0.5) is 0 Å². The Labute approximate surface area is 330 Å². The van der Waals surface area contributed by atoms with Gasteiger partial charge in [0.2, 0.25) is 0 Å². The van der Waals surface area contributed by atoms with E-state index in [1.54, 1.807) is 42.7 Å². The first-order chi connectivity index (χ1) is 27.4. The van der Waals surface area contributed by atoms with Gasteiger partial charge in [-0.15, -0.1) is 0 Å². The molecule has 290 valence electrons. The van der Waals surface area contributed by atoms with E-state index in [1.807, 2.05) is 84.9 Å². The molecule has 0 spiro atoms. The smallest absolute Gasteiger partial charge is 0.169 e. The van der Waals surface area contributed by atoms with Crippen molar-refractivity contribution in [2.75, 3.05) is 42.7 Å². The lowest BCUT2D eigenvalue weighted by atomic mass is 10.0. The third kappa shape index (κ3) is 10.7. The second kappa shape index (κ2) is 19.4. The Balaban J connectivity index is 1.15. The molecule has 0 aromatic heterocycles. The predicted octanol–water partition coefficient (Wildman–Crippen LogP) is 10.7. The quantitative estimate of drug-likeness (QED) is 0.0809. The highest BCUT2D eigenvalue weighted by Gasteiger charge is 2.13. The van der Waals surface area contributed by atoms with Crippen molar-refractivity contribution in [1.29, 1.82) is 0 Å². The fourth-order valence-corrected chi connectivity index (χ4v) is 6.59. The van der Waals surface area contributed by atoms with Gasteiger partial charge < -0.3 is 37.9 Å². The molecule has 8 heteroatoms. The minimum atomic E-state index is 0.643. The van der Waals surface area contributed by atoms with Crippen LogP contribution in [0.2, 0.25) is 0 Å². The molecule has 0 aliphatic heterocycles. The van der Waals surface area contributed by atoms with Gasteiger partial charge in [0.25, 0.3) is 0 Å². The highest BCUT2D eigenvalue weighted by Crippen LogP contribution is 2.37. The highest BCUT2D eigenvalue weighted by molar-refractivity contribution is 5.50. The van der Waals surface area contributed by atoms with Crippen molar-refractivity contribution in [3.8, 4) is 57.5 Å². The maximum absolute atomic E-state index is 6.49. The van der Waals surface area contributed by atoms with Crippen molar-refractivity contribution < 1.29 is 37.9 Å². The molecule has 6 aromatic rings. The fourth-order valence-electron chi connectivity index (χ4n) is 6.59. The van der Waals surface area contributed by atoms with Gasteiger partial charge in [-0.1, -0.05) is 36.4 Å². The Morgan fingerprint density at radius 1 is 0.268 bits per heavy atom. The molecule has 0 saturated heterocycles. The first-order valence-corrected chi connectivity index (χ1v) is 18.7. The van der Waals surface area contributed by atoms with Crippen LogP contribution in [-0.4, -0.2) is 42.7 Å². The van der Waals surface area contributed by atoms with Crippen LogP contribution < -0.4 is 37.9 Å². The molecule has 0 fully saturated rings. The Morgan fingerprint density at radius 3 is 0.982 bits per heavy atom. The summed E-state index contributed by atoms with van der Waals surface area (Å²) in [4.78, 5) is 0. The summed E-state index contributed by atoms with van der Waals surface area (Å²) in [5, 5.41) is 0. The number of hydrogen-bond acceptors (Lipinski definition) is 8. The third-order valence-corrected chi connectivity index (χ3v) is 9.64. The van der Waals surface area contributed by atoms with Gasteiger partial charge >= 0.3 is 0 Å². The number of rotatable bonds is 19. The molecule has 0 unspecified atom stereocenters. The molecule has 0 aliphatic rings. The maximum atomic E-state index is 6.49. The lowest BCUT2D eigenvalue weighted by molar-refractivity contribution is 0.375. The van der Waals surface area contributed by atoms with Gasteiger partial charge in [-0.3, -0.25) is 0 Å². The topological polar surface area (TPSA) is 73.8 Å². The van der Waals surface area contributed by atoms with Gasteiger partial charge in [0, 0.05) is 12.1 Å². The molecule has 0 radical (unpaired) electrons. The summed E-state index contributed by atoms with van der Waals surface area (Å²) in [6, 6.07) is 40.4. The molecule has 56 heavy (non-hydrogen) atoms. The summed E-state index contributed by atoms with van der Waals surface area (Å²) in [7, 11) is 10.0. The Hall–Kier alpha value is -6.28.